The Kier molecular flexibility index (Phi) is 6.07. The van der Waals surface area contributed by atoms with Crippen LogP contribution in [-0.2, 0) is 5.41 Å². The topological polar surface area (TPSA) is 17.8 Å². The molecule has 8 aromatic rings. The van der Waals surface area contributed by atoms with Crippen LogP contribution in [0.15, 0.2) is 182 Å². The van der Waals surface area contributed by atoms with E-state index in [0.717, 1.165) is 33.7 Å². The monoisotopic (exact) mass is 586 g/mol. The summed E-state index contributed by atoms with van der Waals surface area (Å²) in [5.74, 6) is 0.936. The minimum atomic E-state index is -0.427. The van der Waals surface area contributed by atoms with E-state index in [-0.39, 0.29) is 0 Å². The van der Waals surface area contributed by atoms with E-state index < -0.39 is 5.41 Å². The number of para-hydroxylation sites is 3. The van der Waals surface area contributed by atoms with Crippen molar-refractivity contribution in [3.05, 3.63) is 204 Å². The smallest absolute Gasteiger partial charge is 0.145 e. The zero-order valence-electron chi connectivity index (χ0n) is 25.2. The molecule has 2 heteroatoms. The number of aromatic nitrogens is 2. The number of hydrogen-bond donors (Lipinski definition) is 0. The number of benzene rings is 7. The van der Waals surface area contributed by atoms with Crippen LogP contribution in [0.2, 0.25) is 0 Å². The van der Waals surface area contributed by atoms with Crippen molar-refractivity contribution in [1.82, 2.24) is 9.55 Å². The van der Waals surface area contributed by atoms with Gasteiger partial charge in [0, 0.05) is 11.3 Å². The van der Waals surface area contributed by atoms with Crippen LogP contribution in [0, 0.1) is 0 Å². The van der Waals surface area contributed by atoms with E-state index in [9.17, 15) is 0 Å². The van der Waals surface area contributed by atoms with Gasteiger partial charge < -0.3 is 0 Å². The van der Waals surface area contributed by atoms with Crippen molar-refractivity contribution in [3.8, 4) is 39.3 Å². The summed E-state index contributed by atoms with van der Waals surface area (Å²) in [5.41, 5.74) is 13.9. The summed E-state index contributed by atoms with van der Waals surface area (Å²) in [6.07, 6.45) is 0. The molecule has 0 aliphatic heterocycles. The minimum absolute atomic E-state index is 0.427. The van der Waals surface area contributed by atoms with Crippen LogP contribution in [0.1, 0.15) is 22.3 Å². The third kappa shape index (κ3) is 3.94. The number of hydrogen-bond acceptors (Lipinski definition) is 1. The summed E-state index contributed by atoms with van der Waals surface area (Å²) in [6, 6.07) is 65.6. The largest absolute Gasteiger partial charge is 0.292 e. The van der Waals surface area contributed by atoms with Gasteiger partial charge in [0.05, 0.1) is 16.4 Å². The van der Waals surface area contributed by atoms with Crippen LogP contribution in [0.25, 0.3) is 50.4 Å². The van der Waals surface area contributed by atoms with Gasteiger partial charge in [-0.1, -0.05) is 146 Å². The lowest BCUT2D eigenvalue weighted by molar-refractivity contribution is 0.769. The Morgan fingerprint density at radius 3 is 1.76 bits per heavy atom. The summed E-state index contributed by atoms with van der Waals surface area (Å²) in [6.45, 7) is 0. The fourth-order valence-electron chi connectivity index (χ4n) is 7.52. The van der Waals surface area contributed by atoms with E-state index >= 15 is 0 Å². The number of imidazole rings is 1. The average molecular weight is 587 g/mol. The highest BCUT2D eigenvalue weighted by atomic mass is 15.1. The second-order valence-electron chi connectivity index (χ2n) is 12.0. The van der Waals surface area contributed by atoms with Crippen LogP contribution in [0.3, 0.4) is 0 Å². The van der Waals surface area contributed by atoms with Crippen molar-refractivity contribution in [3.63, 3.8) is 0 Å². The van der Waals surface area contributed by atoms with Gasteiger partial charge in [0.15, 0.2) is 0 Å². The lowest BCUT2D eigenvalue weighted by Crippen LogP contribution is -2.28. The van der Waals surface area contributed by atoms with Crippen LogP contribution >= 0.6 is 0 Å². The molecule has 216 valence electrons. The molecule has 0 amide bonds. The summed E-state index contributed by atoms with van der Waals surface area (Å²) >= 11 is 0. The lowest BCUT2D eigenvalue weighted by Gasteiger charge is -2.34. The first-order valence-electron chi connectivity index (χ1n) is 15.8. The van der Waals surface area contributed by atoms with E-state index in [4.69, 9.17) is 4.98 Å². The first-order valence-corrected chi connectivity index (χ1v) is 15.8. The molecule has 2 nitrogen and oxygen atoms in total. The van der Waals surface area contributed by atoms with Crippen LogP contribution < -0.4 is 0 Å². The Hall–Kier alpha value is -5.99. The van der Waals surface area contributed by atoms with Gasteiger partial charge in [-0.3, -0.25) is 4.57 Å². The Morgan fingerprint density at radius 1 is 0.413 bits per heavy atom. The molecule has 1 aliphatic rings. The number of rotatable bonds is 5. The van der Waals surface area contributed by atoms with Crippen molar-refractivity contribution >= 4 is 11.0 Å². The van der Waals surface area contributed by atoms with Crippen LogP contribution in [-0.4, -0.2) is 9.55 Å². The van der Waals surface area contributed by atoms with Gasteiger partial charge in [-0.15, -0.1) is 0 Å². The van der Waals surface area contributed by atoms with E-state index in [1.807, 2.05) is 0 Å². The SMILES string of the molecule is c1ccc(-n2c(-c3cccc(-c4ccc5c(c4)C(c4ccccc4)(c4ccccc4)c4ccccc4-5)c3)nc3ccccc32)cc1. The van der Waals surface area contributed by atoms with Crippen molar-refractivity contribution in [2.75, 3.05) is 0 Å². The second-order valence-corrected chi connectivity index (χ2v) is 12.0. The van der Waals surface area contributed by atoms with Gasteiger partial charge >= 0.3 is 0 Å². The predicted octanol–water partition coefficient (Wildman–Crippen LogP) is 10.7. The molecular formula is C44H30N2. The molecule has 0 unspecified atom stereocenters. The van der Waals surface area contributed by atoms with Gasteiger partial charge in [0.1, 0.15) is 5.82 Å². The molecule has 0 fully saturated rings. The highest BCUT2D eigenvalue weighted by molar-refractivity contribution is 5.89. The number of fused-ring (bicyclic) bond motifs is 4. The van der Waals surface area contributed by atoms with Gasteiger partial charge in [0.25, 0.3) is 0 Å². The van der Waals surface area contributed by atoms with Gasteiger partial charge in [-0.2, -0.15) is 0 Å². The molecule has 46 heavy (non-hydrogen) atoms. The molecule has 9 rings (SSSR count). The summed E-state index contributed by atoms with van der Waals surface area (Å²) in [4.78, 5) is 5.14. The van der Waals surface area contributed by atoms with Gasteiger partial charge in [0.2, 0.25) is 0 Å². The van der Waals surface area contributed by atoms with Crippen molar-refractivity contribution in [2.24, 2.45) is 0 Å². The molecule has 1 aromatic heterocycles. The summed E-state index contributed by atoms with van der Waals surface area (Å²) in [5, 5.41) is 0. The zero-order valence-corrected chi connectivity index (χ0v) is 25.2. The van der Waals surface area contributed by atoms with E-state index in [1.165, 1.54) is 38.9 Å². The fourth-order valence-corrected chi connectivity index (χ4v) is 7.52. The highest BCUT2D eigenvalue weighted by Crippen LogP contribution is 2.56. The minimum Gasteiger partial charge on any atom is -0.292 e. The van der Waals surface area contributed by atoms with Crippen LogP contribution in [0.4, 0.5) is 0 Å². The fraction of sp³-hybridized carbons (Fsp3) is 0.0227. The maximum absolute atomic E-state index is 5.14. The quantitative estimate of drug-likeness (QED) is 0.196. The molecule has 7 aromatic carbocycles. The molecule has 0 bridgehead atoms. The molecule has 0 N–H and O–H groups in total. The third-order valence-electron chi connectivity index (χ3n) is 9.49. The zero-order chi connectivity index (χ0) is 30.5. The average Bonchev–Trinajstić information content (AvgIpc) is 3.67. The predicted molar refractivity (Wildman–Crippen MR) is 189 cm³/mol. The number of nitrogens with zero attached hydrogens (tertiary/aromatic N) is 2. The standard InChI is InChI=1S/C44H30N2/c1-4-17-34(18-5-1)44(35-19-6-2-7-20-35)39-24-11-10-23-37(39)38-28-27-32(30-40(38)44)31-15-14-16-33(29-31)43-45-41-25-12-13-26-42(41)46(43)36-21-8-3-9-22-36/h1-30H. The van der Waals surface area contributed by atoms with Gasteiger partial charge in [-0.25, -0.2) is 4.98 Å². The maximum Gasteiger partial charge on any atom is 0.145 e. The Morgan fingerprint density at radius 2 is 1.00 bits per heavy atom. The Bertz CT molecular complexity index is 2310. The first kappa shape index (κ1) is 26.4. The second kappa shape index (κ2) is 10.6. The molecule has 1 aliphatic carbocycles. The van der Waals surface area contributed by atoms with Gasteiger partial charge in [-0.05, 0) is 80.9 Å². The van der Waals surface area contributed by atoms with E-state index in [0.29, 0.717) is 0 Å². The highest BCUT2D eigenvalue weighted by Gasteiger charge is 2.46. The third-order valence-corrected chi connectivity index (χ3v) is 9.49. The van der Waals surface area contributed by atoms with Crippen molar-refractivity contribution in [2.45, 2.75) is 5.41 Å². The molecule has 0 spiro atoms. The summed E-state index contributed by atoms with van der Waals surface area (Å²) in [7, 11) is 0. The molecular weight excluding hydrogens is 556 g/mol. The van der Waals surface area contributed by atoms with E-state index in [1.54, 1.807) is 0 Å². The normalized spacial score (nSPS) is 13.0. The van der Waals surface area contributed by atoms with Crippen LogP contribution in [0.5, 0.6) is 0 Å². The summed E-state index contributed by atoms with van der Waals surface area (Å²) < 4.78 is 2.27. The molecule has 0 saturated heterocycles. The maximum atomic E-state index is 5.14. The van der Waals surface area contributed by atoms with Crippen molar-refractivity contribution < 1.29 is 0 Å². The molecule has 0 atom stereocenters. The Labute approximate surface area is 268 Å². The van der Waals surface area contributed by atoms with E-state index in [2.05, 4.69) is 187 Å². The molecule has 1 heterocycles. The first-order chi connectivity index (χ1) is 22.8. The molecule has 0 radical (unpaired) electrons. The lowest BCUT2D eigenvalue weighted by atomic mass is 9.67. The van der Waals surface area contributed by atoms with Crippen molar-refractivity contribution in [1.29, 1.82) is 0 Å². The molecule has 0 saturated carbocycles. The Balaban J connectivity index is 1.26.